The van der Waals surface area contributed by atoms with Crippen molar-refractivity contribution in [2.24, 2.45) is 10.7 Å². The zero-order valence-electron chi connectivity index (χ0n) is 13.8. The third-order valence-corrected chi connectivity index (χ3v) is 4.08. The monoisotopic (exact) mass is 304 g/mol. The molecule has 0 radical (unpaired) electrons. The summed E-state index contributed by atoms with van der Waals surface area (Å²) in [5.41, 5.74) is 8.58. The Bertz CT molecular complexity index is 462. The molecule has 0 unspecified atom stereocenters. The van der Waals surface area contributed by atoms with Crippen LogP contribution in [0.3, 0.4) is 0 Å². The van der Waals surface area contributed by atoms with Crippen molar-refractivity contribution in [1.29, 1.82) is 0 Å². The summed E-state index contributed by atoms with van der Waals surface area (Å²) >= 11 is 0. The molecule has 122 valence electrons. The molecular formula is C17H28N4O. The van der Waals surface area contributed by atoms with Crippen LogP contribution < -0.4 is 5.73 Å². The first-order valence-corrected chi connectivity index (χ1v) is 8.15. The highest BCUT2D eigenvalue weighted by Crippen LogP contribution is 2.09. The number of guanidine groups is 1. The summed E-state index contributed by atoms with van der Waals surface area (Å²) in [7, 11) is 0. The predicted octanol–water partition coefficient (Wildman–Crippen LogP) is 1.68. The third kappa shape index (κ3) is 5.00. The molecule has 1 fully saturated rings. The molecule has 1 aliphatic rings. The van der Waals surface area contributed by atoms with Gasteiger partial charge < -0.3 is 15.4 Å². The number of nitrogens with two attached hydrogens (primary N) is 1. The summed E-state index contributed by atoms with van der Waals surface area (Å²) in [4.78, 5) is 8.98. The molecule has 0 aliphatic carbocycles. The summed E-state index contributed by atoms with van der Waals surface area (Å²) in [6.45, 7) is 11.3. The summed E-state index contributed by atoms with van der Waals surface area (Å²) in [6, 6.07) is 8.67. The highest BCUT2D eigenvalue weighted by Gasteiger charge is 2.11. The number of aliphatic imine (C=N–C) groups is 1. The number of benzene rings is 1. The second-order valence-corrected chi connectivity index (χ2v) is 5.55. The van der Waals surface area contributed by atoms with Crippen LogP contribution in [-0.4, -0.2) is 55.2 Å². The molecule has 1 aromatic rings. The Kier molecular flexibility index (Phi) is 6.68. The van der Waals surface area contributed by atoms with E-state index >= 15 is 0 Å². The molecular weight excluding hydrogens is 276 g/mol. The van der Waals surface area contributed by atoms with E-state index in [1.165, 1.54) is 11.1 Å². The van der Waals surface area contributed by atoms with Gasteiger partial charge >= 0.3 is 0 Å². The van der Waals surface area contributed by atoms with Gasteiger partial charge in [0.25, 0.3) is 0 Å². The van der Waals surface area contributed by atoms with Crippen LogP contribution in [0.2, 0.25) is 0 Å². The molecule has 0 spiro atoms. The van der Waals surface area contributed by atoms with E-state index in [1.54, 1.807) is 0 Å². The second kappa shape index (κ2) is 8.76. The van der Waals surface area contributed by atoms with Crippen LogP contribution >= 0.6 is 0 Å². The molecule has 0 atom stereocenters. The van der Waals surface area contributed by atoms with Crippen molar-refractivity contribution in [2.75, 3.05) is 39.4 Å². The van der Waals surface area contributed by atoms with Crippen LogP contribution in [0.15, 0.2) is 29.3 Å². The van der Waals surface area contributed by atoms with Gasteiger partial charge in [-0.05, 0) is 24.2 Å². The van der Waals surface area contributed by atoms with Crippen molar-refractivity contribution in [2.45, 2.75) is 26.9 Å². The molecule has 1 heterocycles. The quantitative estimate of drug-likeness (QED) is 0.642. The summed E-state index contributed by atoms with van der Waals surface area (Å²) in [6.07, 6.45) is 0. The van der Waals surface area contributed by atoms with Crippen LogP contribution in [0.1, 0.15) is 25.0 Å². The predicted molar refractivity (Wildman–Crippen MR) is 90.8 cm³/mol. The highest BCUT2D eigenvalue weighted by atomic mass is 16.5. The lowest BCUT2D eigenvalue weighted by atomic mass is 10.1. The molecule has 0 saturated carbocycles. The fraction of sp³-hybridized carbons (Fsp3) is 0.588. The average molecular weight is 304 g/mol. The zero-order chi connectivity index (χ0) is 15.8. The SMILES string of the molecule is CCN(CC)Cc1ccc(CN=C(N)N2CCOCC2)cc1. The first-order valence-electron chi connectivity index (χ1n) is 8.15. The maximum Gasteiger partial charge on any atom is 0.191 e. The number of hydrogen-bond acceptors (Lipinski definition) is 3. The van der Waals surface area contributed by atoms with Gasteiger partial charge in [0.2, 0.25) is 0 Å². The van der Waals surface area contributed by atoms with E-state index in [2.05, 4.69) is 52.9 Å². The van der Waals surface area contributed by atoms with E-state index in [0.29, 0.717) is 12.5 Å². The summed E-state index contributed by atoms with van der Waals surface area (Å²) in [5, 5.41) is 0. The maximum atomic E-state index is 6.04. The number of nitrogens with zero attached hydrogens (tertiary/aromatic N) is 3. The van der Waals surface area contributed by atoms with Crippen molar-refractivity contribution in [1.82, 2.24) is 9.80 Å². The Labute approximate surface area is 133 Å². The van der Waals surface area contributed by atoms with E-state index in [9.17, 15) is 0 Å². The maximum absolute atomic E-state index is 6.04. The minimum Gasteiger partial charge on any atom is -0.378 e. The molecule has 22 heavy (non-hydrogen) atoms. The van der Waals surface area contributed by atoms with Crippen LogP contribution in [0.5, 0.6) is 0 Å². The Balaban J connectivity index is 1.87. The van der Waals surface area contributed by atoms with Gasteiger partial charge in [0, 0.05) is 19.6 Å². The molecule has 5 nitrogen and oxygen atoms in total. The molecule has 1 saturated heterocycles. The third-order valence-electron chi connectivity index (χ3n) is 4.08. The Morgan fingerprint density at radius 2 is 1.73 bits per heavy atom. The van der Waals surface area contributed by atoms with E-state index in [-0.39, 0.29) is 0 Å². The number of morpholine rings is 1. The number of hydrogen-bond donors (Lipinski definition) is 1. The van der Waals surface area contributed by atoms with Crippen LogP contribution in [0, 0.1) is 0 Å². The molecule has 0 aromatic heterocycles. The molecule has 0 amide bonds. The average Bonchev–Trinajstić information content (AvgIpc) is 2.59. The highest BCUT2D eigenvalue weighted by molar-refractivity contribution is 5.78. The van der Waals surface area contributed by atoms with Crippen molar-refractivity contribution in [3.63, 3.8) is 0 Å². The van der Waals surface area contributed by atoms with Crippen molar-refractivity contribution >= 4 is 5.96 Å². The number of ether oxygens (including phenoxy) is 1. The smallest absolute Gasteiger partial charge is 0.191 e. The van der Waals surface area contributed by atoms with Gasteiger partial charge in [-0.1, -0.05) is 38.1 Å². The first kappa shape index (κ1) is 16.8. The van der Waals surface area contributed by atoms with Gasteiger partial charge in [-0.2, -0.15) is 0 Å². The zero-order valence-corrected chi connectivity index (χ0v) is 13.8. The van der Waals surface area contributed by atoms with Gasteiger partial charge in [0.05, 0.1) is 19.8 Å². The largest absolute Gasteiger partial charge is 0.378 e. The standard InChI is InChI=1S/C17H28N4O/c1-3-20(4-2)14-16-7-5-15(6-8-16)13-19-17(18)21-9-11-22-12-10-21/h5-8H,3-4,9-14H2,1-2H3,(H2,18,19). The van der Waals surface area contributed by atoms with Crippen molar-refractivity contribution in [3.05, 3.63) is 35.4 Å². The minimum atomic E-state index is 0.621. The molecule has 0 bridgehead atoms. The second-order valence-electron chi connectivity index (χ2n) is 5.55. The number of rotatable bonds is 6. The lowest BCUT2D eigenvalue weighted by Gasteiger charge is -2.27. The normalized spacial score (nSPS) is 16.3. The molecule has 5 heteroatoms. The van der Waals surface area contributed by atoms with Gasteiger partial charge in [-0.3, -0.25) is 4.90 Å². The van der Waals surface area contributed by atoms with Crippen LogP contribution in [0.25, 0.3) is 0 Å². The summed E-state index contributed by atoms with van der Waals surface area (Å²) < 4.78 is 5.32. The van der Waals surface area contributed by atoms with Crippen molar-refractivity contribution < 1.29 is 4.74 Å². The van der Waals surface area contributed by atoms with Crippen molar-refractivity contribution in [3.8, 4) is 0 Å². The molecule has 2 N–H and O–H groups in total. The fourth-order valence-electron chi connectivity index (χ4n) is 2.52. The van der Waals surface area contributed by atoms with Gasteiger partial charge in [-0.15, -0.1) is 0 Å². The van der Waals surface area contributed by atoms with Gasteiger partial charge in [0.1, 0.15) is 0 Å². The van der Waals surface area contributed by atoms with E-state index < -0.39 is 0 Å². The minimum absolute atomic E-state index is 0.621. The topological polar surface area (TPSA) is 54.1 Å². The van der Waals surface area contributed by atoms with Crippen LogP contribution in [-0.2, 0) is 17.8 Å². The Hall–Kier alpha value is -1.59. The van der Waals surface area contributed by atoms with E-state index in [4.69, 9.17) is 10.5 Å². The Morgan fingerprint density at radius 1 is 1.14 bits per heavy atom. The Morgan fingerprint density at radius 3 is 2.32 bits per heavy atom. The van der Waals surface area contributed by atoms with Crippen LogP contribution in [0.4, 0.5) is 0 Å². The van der Waals surface area contributed by atoms with E-state index in [1.807, 2.05) is 0 Å². The van der Waals surface area contributed by atoms with E-state index in [0.717, 1.165) is 45.9 Å². The first-order chi connectivity index (χ1) is 10.7. The molecule has 1 aliphatic heterocycles. The summed E-state index contributed by atoms with van der Waals surface area (Å²) in [5.74, 6) is 0.621. The molecule has 1 aromatic carbocycles. The molecule has 2 rings (SSSR count). The van der Waals surface area contributed by atoms with Gasteiger partial charge in [-0.25, -0.2) is 4.99 Å². The lowest BCUT2D eigenvalue weighted by Crippen LogP contribution is -2.44. The lowest BCUT2D eigenvalue weighted by molar-refractivity contribution is 0.0674. The fourth-order valence-corrected chi connectivity index (χ4v) is 2.52. The van der Waals surface area contributed by atoms with Gasteiger partial charge in [0.15, 0.2) is 5.96 Å².